The number of hydrogen-bond donors (Lipinski definition) is 2. The largest absolute Gasteiger partial charge is 0.479 e. The molecule has 1 unspecified atom stereocenters. The fourth-order valence-electron chi connectivity index (χ4n) is 0.576. The van der Waals surface area contributed by atoms with Crippen LogP contribution in [0.15, 0.2) is 0 Å². The van der Waals surface area contributed by atoms with Crippen molar-refractivity contribution in [1.29, 1.82) is 0 Å². The summed E-state index contributed by atoms with van der Waals surface area (Å²) in [6.07, 6.45) is -1.14. The van der Waals surface area contributed by atoms with Gasteiger partial charge in [-0.05, 0) is 6.92 Å². The van der Waals surface area contributed by atoms with Gasteiger partial charge in [0.25, 0.3) is 0 Å². The molecule has 13 heavy (non-hydrogen) atoms. The van der Waals surface area contributed by atoms with Crippen molar-refractivity contribution < 1.29 is 23.1 Å². The van der Waals surface area contributed by atoms with Gasteiger partial charge in [0.15, 0.2) is 6.10 Å². The van der Waals surface area contributed by atoms with Crippen molar-refractivity contribution >= 4 is 16.0 Å². The molecule has 0 saturated heterocycles. The molecule has 0 aromatic heterocycles. The molecule has 1 atom stereocenters. The lowest BCUT2D eigenvalue weighted by Crippen LogP contribution is -2.38. The third-order valence-corrected chi connectivity index (χ3v) is 2.80. The highest BCUT2D eigenvalue weighted by molar-refractivity contribution is 7.89. The number of hydrogen-bond acceptors (Lipinski definition) is 4. The maximum absolute atomic E-state index is 10.9. The number of nitrogens with one attached hydrogen (secondary N) is 1. The van der Waals surface area contributed by atoms with Crippen LogP contribution in [0.5, 0.6) is 0 Å². The van der Waals surface area contributed by atoms with Crippen LogP contribution in [0.1, 0.15) is 6.92 Å². The van der Waals surface area contributed by atoms with Crippen molar-refractivity contribution in [3.8, 4) is 0 Å². The second-order valence-corrected chi connectivity index (χ2v) is 4.41. The van der Waals surface area contributed by atoms with Crippen LogP contribution in [0.2, 0.25) is 0 Å². The Balaban J connectivity index is 4.07. The molecule has 0 bridgehead atoms. The van der Waals surface area contributed by atoms with Crippen LogP contribution in [0, 0.1) is 0 Å². The maximum atomic E-state index is 10.9. The van der Waals surface area contributed by atoms with Crippen LogP contribution in [-0.4, -0.2) is 45.0 Å². The molecule has 0 radical (unpaired) electrons. The predicted octanol–water partition coefficient (Wildman–Crippen LogP) is -0.975. The van der Waals surface area contributed by atoms with Crippen LogP contribution in [0.4, 0.5) is 0 Å². The molecule has 2 N–H and O–H groups in total. The molecule has 0 heterocycles. The summed E-state index contributed by atoms with van der Waals surface area (Å²) in [5, 5.41) is 8.48. The van der Waals surface area contributed by atoms with Crippen molar-refractivity contribution in [2.75, 3.05) is 19.4 Å². The van der Waals surface area contributed by atoms with Gasteiger partial charge in [-0.2, -0.15) is 0 Å². The zero-order valence-corrected chi connectivity index (χ0v) is 8.30. The highest BCUT2D eigenvalue weighted by Crippen LogP contribution is 1.90. The van der Waals surface area contributed by atoms with Gasteiger partial charge in [0.05, 0.1) is 5.75 Å². The highest BCUT2D eigenvalue weighted by atomic mass is 32.2. The van der Waals surface area contributed by atoms with Crippen LogP contribution in [-0.2, 0) is 19.6 Å². The molecule has 0 saturated carbocycles. The zero-order chi connectivity index (χ0) is 10.5. The SMILES string of the molecule is CCS(=O)(=O)NCC(OC)C(=O)O. The van der Waals surface area contributed by atoms with Crippen molar-refractivity contribution in [2.45, 2.75) is 13.0 Å². The van der Waals surface area contributed by atoms with Gasteiger partial charge in [0, 0.05) is 13.7 Å². The quantitative estimate of drug-likeness (QED) is 0.589. The van der Waals surface area contributed by atoms with Gasteiger partial charge in [-0.1, -0.05) is 0 Å². The Kier molecular flexibility index (Phi) is 4.89. The number of carboxylic acids is 1. The number of ether oxygens (including phenoxy) is 1. The maximum Gasteiger partial charge on any atom is 0.334 e. The molecule has 0 aromatic rings. The Bertz CT molecular complexity index is 260. The molecule has 0 aromatic carbocycles. The molecular weight excluding hydrogens is 198 g/mol. The predicted molar refractivity (Wildman–Crippen MR) is 45.9 cm³/mol. The van der Waals surface area contributed by atoms with Crippen LogP contribution >= 0.6 is 0 Å². The van der Waals surface area contributed by atoms with Gasteiger partial charge in [0.2, 0.25) is 10.0 Å². The van der Waals surface area contributed by atoms with E-state index in [1.54, 1.807) is 0 Å². The normalized spacial score (nSPS) is 14.0. The zero-order valence-electron chi connectivity index (χ0n) is 7.48. The molecule has 0 amide bonds. The third-order valence-electron chi connectivity index (χ3n) is 1.43. The summed E-state index contributed by atoms with van der Waals surface area (Å²) in [4.78, 5) is 10.4. The van der Waals surface area contributed by atoms with E-state index in [2.05, 4.69) is 9.46 Å². The van der Waals surface area contributed by atoms with E-state index in [0.29, 0.717) is 0 Å². The van der Waals surface area contributed by atoms with Gasteiger partial charge in [-0.15, -0.1) is 0 Å². The average Bonchev–Trinajstić information content (AvgIpc) is 2.05. The van der Waals surface area contributed by atoms with Crippen molar-refractivity contribution in [2.24, 2.45) is 0 Å². The minimum Gasteiger partial charge on any atom is -0.479 e. The third kappa shape index (κ3) is 4.81. The Hall–Kier alpha value is -0.660. The van der Waals surface area contributed by atoms with E-state index in [4.69, 9.17) is 5.11 Å². The van der Waals surface area contributed by atoms with Gasteiger partial charge in [-0.25, -0.2) is 17.9 Å². The summed E-state index contributed by atoms with van der Waals surface area (Å²) in [6.45, 7) is 1.22. The average molecular weight is 211 g/mol. The minimum absolute atomic E-state index is 0.0803. The lowest BCUT2D eigenvalue weighted by molar-refractivity contribution is -0.147. The summed E-state index contributed by atoms with van der Waals surface area (Å²) in [6, 6.07) is 0. The first-order valence-corrected chi connectivity index (χ1v) is 5.31. The van der Waals surface area contributed by atoms with E-state index >= 15 is 0 Å². The first kappa shape index (κ1) is 12.3. The molecule has 7 heteroatoms. The van der Waals surface area contributed by atoms with E-state index < -0.39 is 22.1 Å². The Labute approximate surface area is 76.9 Å². The number of methoxy groups -OCH3 is 1. The number of carbonyl (C=O) groups is 1. The molecule has 0 aliphatic heterocycles. The van der Waals surface area contributed by atoms with E-state index in [-0.39, 0.29) is 12.3 Å². The monoisotopic (exact) mass is 211 g/mol. The smallest absolute Gasteiger partial charge is 0.334 e. The first-order valence-electron chi connectivity index (χ1n) is 3.66. The summed E-state index contributed by atoms with van der Waals surface area (Å²) in [5.41, 5.74) is 0. The molecule has 78 valence electrons. The standard InChI is InChI=1S/C6H13NO5S/c1-3-13(10,11)7-4-5(12-2)6(8)9/h5,7H,3-4H2,1-2H3,(H,8,9). The Morgan fingerprint density at radius 2 is 2.15 bits per heavy atom. The van der Waals surface area contributed by atoms with Crippen LogP contribution < -0.4 is 4.72 Å². The molecule has 0 fully saturated rings. The fraction of sp³-hybridized carbons (Fsp3) is 0.833. The van der Waals surface area contributed by atoms with Crippen LogP contribution in [0.25, 0.3) is 0 Å². The number of sulfonamides is 1. The number of aliphatic carboxylic acids is 1. The van der Waals surface area contributed by atoms with Gasteiger partial charge < -0.3 is 9.84 Å². The second kappa shape index (κ2) is 5.15. The van der Waals surface area contributed by atoms with E-state index in [1.807, 2.05) is 0 Å². The first-order chi connectivity index (χ1) is 5.93. The molecular formula is C6H13NO5S. The molecule has 0 aliphatic rings. The van der Waals surface area contributed by atoms with Crippen LogP contribution in [0.3, 0.4) is 0 Å². The molecule has 6 nitrogen and oxygen atoms in total. The van der Waals surface area contributed by atoms with E-state index in [0.717, 1.165) is 0 Å². The summed E-state index contributed by atoms with van der Waals surface area (Å²) < 4.78 is 28.4. The topological polar surface area (TPSA) is 92.7 Å². The Morgan fingerprint density at radius 1 is 1.62 bits per heavy atom. The highest BCUT2D eigenvalue weighted by Gasteiger charge is 2.18. The number of rotatable bonds is 6. The van der Waals surface area contributed by atoms with Gasteiger partial charge >= 0.3 is 5.97 Å². The van der Waals surface area contributed by atoms with Crippen molar-refractivity contribution in [1.82, 2.24) is 4.72 Å². The molecule has 0 rings (SSSR count). The lowest BCUT2D eigenvalue weighted by Gasteiger charge is -2.10. The van der Waals surface area contributed by atoms with E-state index in [1.165, 1.54) is 14.0 Å². The fourth-order valence-corrected chi connectivity index (χ4v) is 1.19. The minimum atomic E-state index is -3.35. The summed E-state index contributed by atoms with van der Waals surface area (Å²) in [7, 11) is -2.14. The molecule has 0 spiro atoms. The van der Waals surface area contributed by atoms with Gasteiger partial charge in [0.1, 0.15) is 0 Å². The lowest BCUT2D eigenvalue weighted by atomic mass is 10.4. The Morgan fingerprint density at radius 3 is 2.46 bits per heavy atom. The van der Waals surface area contributed by atoms with Gasteiger partial charge in [-0.3, -0.25) is 0 Å². The molecule has 0 aliphatic carbocycles. The number of carboxylic acid groups (broad SMARTS) is 1. The van der Waals surface area contributed by atoms with Crippen molar-refractivity contribution in [3.63, 3.8) is 0 Å². The second-order valence-electron chi connectivity index (χ2n) is 2.31. The van der Waals surface area contributed by atoms with Crippen molar-refractivity contribution in [3.05, 3.63) is 0 Å². The summed E-state index contributed by atoms with van der Waals surface area (Å²) in [5.74, 6) is -1.27. The van der Waals surface area contributed by atoms with E-state index in [9.17, 15) is 13.2 Å². The summed E-state index contributed by atoms with van der Waals surface area (Å²) >= 11 is 0.